The molecule has 38 heavy (non-hydrogen) atoms. The van der Waals surface area contributed by atoms with Gasteiger partial charge in [-0.05, 0) is 51.4 Å². The molecular formula is C36H77IP+. The van der Waals surface area contributed by atoms with Crippen molar-refractivity contribution >= 4 is 31.2 Å². The second-order valence-electron chi connectivity index (χ2n) is 12.7. The first-order valence-electron chi connectivity index (χ1n) is 18.1. The minimum Gasteiger partial charge on any atom is -0.107 e. The van der Waals surface area contributed by atoms with Crippen LogP contribution in [0.4, 0.5) is 0 Å². The average Bonchev–Trinajstić information content (AvgIpc) is 2.91. The molecule has 0 radical (unpaired) electrons. The van der Waals surface area contributed by atoms with E-state index in [9.17, 15) is 0 Å². The molecular weight excluding hydrogens is 590 g/mol. The van der Waals surface area contributed by atoms with Crippen LogP contribution in [-0.2, 0) is 0 Å². The van der Waals surface area contributed by atoms with Crippen LogP contribution in [0.2, 0.25) is 0 Å². The lowest BCUT2D eigenvalue weighted by Crippen LogP contribution is -2.13. The van der Waals surface area contributed by atoms with Crippen LogP contribution >= 0.6 is 31.2 Å². The van der Waals surface area contributed by atoms with Gasteiger partial charge in [0.2, 0.25) is 0 Å². The van der Waals surface area contributed by atoms with Crippen LogP contribution in [0.15, 0.2) is 0 Å². The van der Waals surface area contributed by atoms with E-state index in [0.717, 1.165) is 0 Å². The van der Waals surface area contributed by atoms with Crippen molar-refractivity contribution in [1.82, 2.24) is 0 Å². The fourth-order valence-electron chi connectivity index (χ4n) is 6.29. The van der Waals surface area contributed by atoms with Gasteiger partial charge in [0.05, 0.1) is 24.6 Å². The first-order chi connectivity index (χ1) is 18.2. The van der Waals surface area contributed by atoms with Crippen LogP contribution in [-0.4, -0.2) is 24.6 Å². The van der Waals surface area contributed by atoms with Gasteiger partial charge >= 0.3 is 0 Å². The van der Waals surface area contributed by atoms with Gasteiger partial charge in [-0.1, -0.05) is 156 Å². The van der Waals surface area contributed by atoms with Crippen molar-refractivity contribution in [2.45, 2.75) is 207 Å². The molecule has 0 saturated heterocycles. The van der Waals surface area contributed by atoms with Crippen LogP contribution < -0.4 is 0 Å². The summed E-state index contributed by atoms with van der Waals surface area (Å²) in [6.07, 6.45) is 48.2. The second kappa shape index (κ2) is 34.4. The molecule has 0 aromatic heterocycles. The standard InChI is InChI=1S/C36H76P.HI/c1-5-9-13-17-21-22-23-24-28-32-36-37(33-29-25-18-14-10-6-2,34-30-26-19-15-11-7-3)35-31-27-20-16-12-8-4;/h5-36H2,1-4H3;1H/q+1;. The molecule has 0 aromatic carbocycles. The quantitative estimate of drug-likeness (QED) is 0.0380. The minimum absolute atomic E-state index is 0. The van der Waals surface area contributed by atoms with E-state index >= 15 is 0 Å². The van der Waals surface area contributed by atoms with E-state index in [1.807, 2.05) is 0 Å². The van der Waals surface area contributed by atoms with Gasteiger partial charge in [0.15, 0.2) is 0 Å². The highest BCUT2D eigenvalue weighted by Gasteiger charge is 2.34. The highest BCUT2D eigenvalue weighted by Crippen LogP contribution is 2.61. The topological polar surface area (TPSA) is 0 Å². The third-order valence-electron chi connectivity index (χ3n) is 8.94. The molecule has 0 atom stereocenters. The Labute approximate surface area is 262 Å². The molecule has 0 unspecified atom stereocenters. The molecule has 0 heterocycles. The zero-order chi connectivity index (χ0) is 27.1. The Morgan fingerprint density at radius 2 is 0.395 bits per heavy atom. The van der Waals surface area contributed by atoms with Crippen LogP contribution in [0, 0.1) is 0 Å². The lowest BCUT2D eigenvalue weighted by Gasteiger charge is -2.28. The summed E-state index contributed by atoms with van der Waals surface area (Å²) in [5.41, 5.74) is 0. The van der Waals surface area contributed by atoms with Gasteiger partial charge < -0.3 is 0 Å². The fraction of sp³-hybridized carbons (Fsp3) is 1.00. The minimum atomic E-state index is -0.737. The molecule has 0 N–H and O–H groups in total. The molecule has 0 rings (SSSR count). The molecule has 0 bridgehead atoms. The SMILES string of the molecule is CCCCCCCCCCCC[P+](CCCCCCCC)(CCCCCCCC)CCCCCCCC.I. The van der Waals surface area contributed by atoms with Crippen molar-refractivity contribution in [2.75, 3.05) is 24.6 Å². The largest absolute Gasteiger partial charge is 0.107 e. The maximum absolute atomic E-state index is 2.35. The third kappa shape index (κ3) is 28.7. The molecule has 0 amide bonds. The van der Waals surface area contributed by atoms with E-state index in [1.165, 1.54) is 154 Å². The summed E-state index contributed by atoms with van der Waals surface area (Å²) in [7, 11) is -0.737. The fourth-order valence-corrected chi connectivity index (χ4v) is 11.2. The lowest BCUT2D eigenvalue weighted by molar-refractivity contribution is 0.562. The maximum atomic E-state index is 2.35. The van der Waals surface area contributed by atoms with Crippen molar-refractivity contribution < 1.29 is 0 Å². The maximum Gasteiger partial charge on any atom is 0.0594 e. The number of hydrogen-bond donors (Lipinski definition) is 0. The van der Waals surface area contributed by atoms with Crippen molar-refractivity contribution in [3.63, 3.8) is 0 Å². The Morgan fingerprint density at radius 3 is 0.579 bits per heavy atom. The summed E-state index contributed by atoms with van der Waals surface area (Å²) < 4.78 is 0. The summed E-state index contributed by atoms with van der Waals surface area (Å²) in [5, 5.41) is 0. The lowest BCUT2D eigenvalue weighted by atomic mass is 10.1. The Kier molecular flexibility index (Phi) is 37.3. The van der Waals surface area contributed by atoms with E-state index in [0.29, 0.717) is 0 Å². The molecule has 0 aliphatic carbocycles. The third-order valence-corrected chi connectivity index (χ3v) is 14.0. The summed E-state index contributed by atoms with van der Waals surface area (Å²) in [5.74, 6) is 0. The van der Waals surface area contributed by atoms with E-state index in [-0.39, 0.29) is 24.0 Å². The number of rotatable bonds is 32. The van der Waals surface area contributed by atoms with E-state index in [2.05, 4.69) is 27.7 Å². The Hall–Kier alpha value is 1.16. The van der Waals surface area contributed by atoms with Gasteiger partial charge in [0.25, 0.3) is 0 Å². The summed E-state index contributed by atoms with van der Waals surface area (Å²) in [6, 6.07) is 0. The summed E-state index contributed by atoms with van der Waals surface area (Å²) >= 11 is 0. The highest BCUT2D eigenvalue weighted by atomic mass is 127. The summed E-state index contributed by atoms with van der Waals surface area (Å²) in [6.45, 7) is 9.38. The summed E-state index contributed by atoms with van der Waals surface area (Å²) in [4.78, 5) is 0. The van der Waals surface area contributed by atoms with Crippen molar-refractivity contribution in [3.05, 3.63) is 0 Å². The van der Waals surface area contributed by atoms with E-state index < -0.39 is 7.26 Å². The molecule has 2 heteroatoms. The Balaban J connectivity index is 0. The highest BCUT2D eigenvalue weighted by molar-refractivity contribution is 14.0. The van der Waals surface area contributed by atoms with Crippen LogP contribution in [0.1, 0.15) is 207 Å². The van der Waals surface area contributed by atoms with Crippen LogP contribution in [0.5, 0.6) is 0 Å². The Morgan fingerprint density at radius 1 is 0.237 bits per heavy atom. The van der Waals surface area contributed by atoms with Gasteiger partial charge in [-0.15, -0.1) is 24.0 Å². The van der Waals surface area contributed by atoms with Crippen molar-refractivity contribution in [1.29, 1.82) is 0 Å². The van der Waals surface area contributed by atoms with E-state index in [1.54, 1.807) is 50.3 Å². The molecule has 0 aromatic rings. The number of unbranched alkanes of at least 4 members (excludes halogenated alkanes) is 24. The van der Waals surface area contributed by atoms with Crippen LogP contribution in [0.25, 0.3) is 0 Å². The second-order valence-corrected chi connectivity index (χ2v) is 17.2. The van der Waals surface area contributed by atoms with Gasteiger partial charge in [-0.2, -0.15) is 0 Å². The average molecular weight is 668 g/mol. The Bertz CT molecular complexity index is 369. The zero-order valence-corrected chi connectivity index (χ0v) is 30.7. The van der Waals surface area contributed by atoms with Crippen molar-refractivity contribution in [2.24, 2.45) is 0 Å². The molecule has 0 aliphatic rings. The molecule has 0 fully saturated rings. The predicted molar refractivity (Wildman–Crippen MR) is 194 cm³/mol. The number of hydrogen-bond acceptors (Lipinski definition) is 0. The predicted octanol–water partition coefficient (Wildman–Crippen LogP) is 14.6. The molecule has 0 saturated carbocycles. The van der Waals surface area contributed by atoms with Gasteiger partial charge in [-0.25, -0.2) is 0 Å². The monoisotopic (exact) mass is 667 g/mol. The smallest absolute Gasteiger partial charge is 0.0594 e. The first kappa shape index (κ1) is 41.3. The molecule has 0 aliphatic heterocycles. The van der Waals surface area contributed by atoms with Gasteiger partial charge in [0, 0.05) is 7.26 Å². The molecule has 232 valence electrons. The normalized spacial score (nSPS) is 11.7. The van der Waals surface area contributed by atoms with Crippen molar-refractivity contribution in [3.8, 4) is 0 Å². The van der Waals surface area contributed by atoms with Crippen LogP contribution in [0.3, 0.4) is 0 Å². The molecule has 0 spiro atoms. The zero-order valence-electron chi connectivity index (χ0n) is 27.5. The van der Waals surface area contributed by atoms with Gasteiger partial charge in [-0.3, -0.25) is 0 Å². The first-order valence-corrected chi connectivity index (χ1v) is 20.6. The number of halogens is 1. The molecule has 0 nitrogen and oxygen atoms in total. The van der Waals surface area contributed by atoms with E-state index in [4.69, 9.17) is 0 Å². The van der Waals surface area contributed by atoms with Gasteiger partial charge in [0.1, 0.15) is 0 Å².